The highest BCUT2D eigenvalue weighted by atomic mass is 32.2. The molecule has 1 aliphatic rings. The van der Waals surface area contributed by atoms with Crippen molar-refractivity contribution in [3.8, 4) is 0 Å². The number of sulfonamides is 1. The van der Waals surface area contributed by atoms with E-state index in [9.17, 15) is 13.2 Å². The quantitative estimate of drug-likeness (QED) is 0.401. The van der Waals surface area contributed by atoms with Gasteiger partial charge in [-0.3, -0.25) is 9.10 Å². The average molecular weight is 478 g/mol. The van der Waals surface area contributed by atoms with E-state index in [1.54, 1.807) is 47.7 Å². The van der Waals surface area contributed by atoms with Gasteiger partial charge in [0.1, 0.15) is 5.01 Å². The van der Waals surface area contributed by atoms with Crippen LogP contribution in [-0.4, -0.2) is 37.8 Å². The van der Waals surface area contributed by atoms with Crippen molar-refractivity contribution in [1.82, 2.24) is 9.88 Å². The maximum Gasteiger partial charge on any atom is 0.264 e. The molecule has 1 aromatic heterocycles. The Balaban J connectivity index is 1.44. The van der Waals surface area contributed by atoms with Gasteiger partial charge in [-0.1, -0.05) is 36.4 Å². The molecule has 1 fully saturated rings. The lowest BCUT2D eigenvalue weighted by Crippen LogP contribution is -2.31. The summed E-state index contributed by atoms with van der Waals surface area (Å²) >= 11 is 1.61. The fraction of sp³-hybridized carbons (Fsp3) is 0.200. The summed E-state index contributed by atoms with van der Waals surface area (Å²) < 4.78 is 28.7. The molecule has 0 aliphatic carbocycles. The van der Waals surface area contributed by atoms with Crippen LogP contribution in [0.1, 0.15) is 34.2 Å². The van der Waals surface area contributed by atoms with Crippen molar-refractivity contribution in [1.29, 1.82) is 0 Å². The van der Waals surface area contributed by atoms with Crippen molar-refractivity contribution in [2.75, 3.05) is 17.9 Å². The largest absolute Gasteiger partial charge is 0.329 e. The summed E-state index contributed by atoms with van der Waals surface area (Å²) in [5.74, 6) is -0.170. The van der Waals surface area contributed by atoms with Gasteiger partial charge in [0.2, 0.25) is 0 Å². The van der Waals surface area contributed by atoms with Gasteiger partial charge in [-0.2, -0.15) is 0 Å². The van der Waals surface area contributed by atoms with Gasteiger partial charge in [0.15, 0.2) is 0 Å². The van der Waals surface area contributed by atoms with Crippen LogP contribution in [0.25, 0.3) is 10.2 Å². The third kappa shape index (κ3) is 4.00. The SMILES string of the molecule is CN(c1ccccc1)S(=O)(=O)c1cccc(C(=O)N2CCC[C@H]2c2nc3ccccc3s2)c1. The van der Waals surface area contributed by atoms with Crippen molar-refractivity contribution < 1.29 is 13.2 Å². The highest BCUT2D eigenvalue weighted by Crippen LogP contribution is 2.37. The van der Waals surface area contributed by atoms with Gasteiger partial charge in [0.25, 0.3) is 15.9 Å². The van der Waals surface area contributed by atoms with Crippen molar-refractivity contribution in [2.45, 2.75) is 23.8 Å². The normalized spacial score (nSPS) is 16.3. The summed E-state index contributed by atoms with van der Waals surface area (Å²) in [6.45, 7) is 0.625. The first kappa shape index (κ1) is 21.6. The van der Waals surface area contributed by atoms with E-state index in [-0.39, 0.29) is 16.8 Å². The Kier molecular flexibility index (Phi) is 5.64. The Morgan fingerprint density at radius 1 is 1.03 bits per heavy atom. The molecule has 2 heterocycles. The molecule has 168 valence electrons. The van der Waals surface area contributed by atoms with Crippen LogP contribution < -0.4 is 4.31 Å². The predicted molar refractivity (Wildman–Crippen MR) is 131 cm³/mol. The van der Waals surface area contributed by atoms with Crippen molar-refractivity contribution >= 4 is 43.2 Å². The van der Waals surface area contributed by atoms with Crippen LogP contribution in [0.3, 0.4) is 0 Å². The molecule has 0 saturated carbocycles. The second-order valence-corrected chi connectivity index (χ2v) is 11.0. The molecule has 0 N–H and O–H groups in total. The zero-order valence-electron chi connectivity index (χ0n) is 18.1. The number of carbonyl (C=O) groups excluding carboxylic acids is 1. The molecule has 0 spiro atoms. The number of hydrogen-bond donors (Lipinski definition) is 0. The summed E-state index contributed by atoms with van der Waals surface area (Å²) in [5.41, 5.74) is 1.86. The van der Waals surface area contributed by atoms with E-state index in [1.165, 1.54) is 23.5 Å². The number of aromatic nitrogens is 1. The van der Waals surface area contributed by atoms with Gasteiger partial charge in [-0.25, -0.2) is 13.4 Å². The molecule has 1 aliphatic heterocycles. The summed E-state index contributed by atoms with van der Waals surface area (Å²) in [6.07, 6.45) is 1.74. The summed E-state index contributed by atoms with van der Waals surface area (Å²) in [5, 5.41) is 0.926. The second-order valence-electron chi connectivity index (χ2n) is 8.01. The number of nitrogens with zero attached hydrogens (tertiary/aromatic N) is 3. The van der Waals surface area contributed by atoms with Crippen molar-refractivity contribution in [2.24, 2.45) is 0 Å². The van der Waals surface area contributed by atoms with Crippen molar-refractivity contribution in [3.63, 3.8) is 0 Å². The molecule has 0 bridgehead atoms. The van der Waals surface area contributed by atoms with E-state index in [4.69, 9.17) is 4.98 Å². The molecule has 1 saturated heterocycles. The fourth-order valence-electron chi connectivity index (χ4n) is 4.19. The Morgan fingerprint density at radius 3 is 2.58 bits per heavy atom. The van der Waals surface area contributed by atoms with Crippen molar-refractivity contribution in [3.05, 3.63) is 89.4 Å². The topological polar surface area (TPSA) is 70.6 Å². The zero-order valence-corrected chi connectivity index (χ0v) is 19.7. The van der Waals surface area contributed by atoms with Crippen LogP contribution in [0, 0.1) is 0 Å². The minimum atomic E-state index is -3.80. The number of rotatable bonds is 5. The molecule has 0 radical (unpaired) electrons. The molecule has 3 aromatic carbocycles. The molecule has 1 amide bonds. The van der Waals surface area contributed by atoms with Gasteiger partial charge >= 0.3 is 0 Å². The van der Waals surface area contributed by atoms with Gasteiger partial charge in [0, 0.05) is 19.2 Å². The summed E-state index contributed by atoms with van der Waals surface area (Å²) in [7, 11) is -2.29. The lowest BCUT2D eigenvalue weighted by molar-refractivity contribution is 0.0735. The molecular formula is C25H23N3O3S2. The minimum Gasteiger partial charge on any atom is -0.329 e. The maximum atomic E-state index is 13.5. The molecule has 6 nitrogen and oxygen atoms in total. The van der Waals surface area contributed by atoms with Crippen LogP contribution >= 0.6 is 11.3 Å². The fourth-order valence-corrected chi connectivity index (χ4v) is 6.55. The highest BCUT2D eigenvalue weighted by molar-refractivity contribution is 7.92. The second kappa shape index (κ2) is 8.61. The van der Waals surface area contributed by atoms with Gasteiger partial charge in [-0.15, -0.1) is 11.3 Å². The van der Waals surface area contributed by atoms with E-state index in [1.807, 2.05) is 35.2 Å². The van der Waals surface area contributed by atoms with Gasteiger partial charge in [-0.05, 0) is 55.3 Å². The Labute approximate surface area is 197 Å². The van der Waals surface area contributed by atoms with Gasteiger partial charge < -0.3 is 4.90 Å². The number of carbonyl (C=O) groups is 1. The molecule has 0 unspecified atom stereocenters. The summed E-state index contributed by atoms with van der Waals surface area (Å²) in [4.78, 5) is 20.1. The number of anilines is 1. The van der Waals surface area contributed by atoms with Crippen LogP contribution in [0.2, 0.25) is 0 Å². The number of amides is 1. The summed E-state index contributed by atoms with van der Waals surface area (Å²) in [6, 6.07) is 23.1. The van der Waals surface area contributed by atoms with Crippen LogP contribution in [0.15, 0.2) is 83.8 Å². The number of thiazole rings is 1. The Hall–Kier alpha value is -3.23. The van der Waals surface area contributed by atoms with Gasteiger partial charge in [0.05, 0.1) is 26.8 Å². The minimum absolute atomic E-state index is 0.0930. The predicted octanol–water partition coefficient (Wildman–Crippen LogP) is 5.10. The molecule has 5 rings (SSSR count). The molecular weight excluding hydrogens is 454 g/mol. The zero-order chi connectivity index (χ0) is 23.0. The first-order chi connectivity index (χ1) is 15.9. The third-order valence-electron chi connectivity index (χ3n) is 5.97. The first-order valence-corrected chi connectivity index (χ1v) is 13.0. The smallest absolute Gasteiger partial charge is 0.264 e. The number of fused-ring (bicyclic) bond motifs is 1. The number of likely N-dealkylation sites (tertiary alicyclic amines) is 1. The van der Waals surface area contributed by atoms with Crippen LogP contribution in [0.5, 0.6) is 0 Å². The molecule has 1 atom stereocenters. The van der Waals surface area contributed by atoms with E-state index < -0.39 is 10.0 Å². The Bertz CT molecular complexity index is 1380. The maximum absolute atomic E-state index is 13.5. The number of para-hydroxylation sites is 2. The lowest BCUT2D eigenvalue weighted by atomic mass is 10.1. The average Bonchev–Trinajstić information content (AvgIpc) is 3.50. The van der Waals surface area contributed by atoms with E-state index in [0.29, 0.717) is 17.8 Å². The monoisotopic (exact) mass is 477 g/mol. The molecule has 33 heavy (non-hydrogen) atoms. The standard InChI is InChI=1S/C25H23N3O3S2/c1-27(19-10-3-2-4-11-19)33(30,31)20-12-7-9-18(17-20)25(29)28-16-8-14-22(28)24-26-21-13-5-6-15-23(21)32-24/h2-7,9-13,15,17,22H,8,14,16H2,1H3/t22-/m0/s1. The van der Waals surface area contributed by atoms with E-state index in [0.717, 1.165) is 28.1 Å². The Morgan fingerprint density at radius 2 is 1.79 bits per heavy atom. The van der Waals surface area contributed by atoms with Crippen LogP contribution in [-0.2, 0) is 10.0 Å². The first-order valence-electron chi connectivity index (χ1n) is 10.8. The molecule has 8 heteroatoms. The number of benzene rings is 3. The molecule has 4 aromatic rings. The number of hydrogen-bond acceptors (Lipinski definition) is 5. The van der Waals surface area contributed by atoms with Crippen LogP contribution in [0.4, 0.5) is 5.69 Å². The van der Waals surface area contributed by atoms with E-state index in [2.05, 4.69) is 0 Å². The van der Waals surface area contributed by atoms with E-state index >= 15 is 0 Å². The lowest BCUT2D eigenvalue weighted by Gasteiger charge is -2.24. The third-order valence-corrected chi connectivity index (χ3v) is 8.89. The highest BCUT2D eigenvalue weighted by Gasteiger charge is 2.33.